The molecule has 1 heterocycles. The molecular formula is C13H11BrClN3O. The Kier molecular flexibility index (Phi) is 4.17. The third-order valence-electron chi connectivity index (χ3n) is 2.41. The molecule has 0 unspecified atom stereocenters. The summed E-state index contributed by atoms with van der Waals surface area (Å²) in [7, 11) is 0. The first-order valence-corrected chi connectivity index (χ1v) is 6.71. The van der Waals surface area contributed by atoms with E-state index in [4.69, 9.17) is 11.6 Å². The minimum Gasteiger partial charge on any atom is -0.290 e. The monoisotopic (exact) mass is 339 g/mol. The molecular weight excluding hydrogens is 330 g/mol. The molecule has 98 valence electrons. The Balaban J connectivity index is 2.28. The minimum atomic E-state index is -0.280. The highest BCUT2D eigenvalue weighted by molar-refractivity contribution is 9.10. The number of benzene rings is 1. The van der Waals surface area contributed by atoms with Crippen LogP contribution in [0.2, 0.25) is 5.15 Å². The zero-order valence-electron chi connectivity index (χ0n) is 10.4. The van der Waals surface area contributed by atoms with Gasteiger partial charge in [0.25, 0.3) is 5.91 Å². The van der Waals surface area contributed by atoms with Gasteiger partial charge >= 0.3 is 0 Å². The van der Waals surface area contributed by atoms with Gasteiger partial charge in [0.15, 0.2) is 0 Å². The van der Waals surface area contributed by atoms with Gasteiger partial charge in [0.2, 0.25) is 5.95 Å². The van der Waals surface area contributed by atoms with Crippen LogP contribution in [0.1, 0.15) is 21.6 Å². The predicted molar refractivity (Wildman–Crippen MR) is 78.6 cm³/mol. The van der Waals surface area contributed by atoms with Crippen LogP contribution >= 0.6 is 27.5 Å². The molecule has 0 aliphatic heterocycles. The van der Waals surface area contributed by atoms with Gasteiger partial charge in [-0.25, -0.2) is 9.97 Å². The van der Waals surface area contributed by atoms with Gasteiger partial charge in [-0.2, -0.15) is 0 Å². The Bertz CT molecular complexity index is 626. The summed E-state index contributed by atoms with van der Waals surface area (Å²) < 4.78 is 0.717. The van der Waals surface area contributed by atoms with Crippen molar-refractivity contribution in [2.75, 3.05) is 5.32 Å². The van der Waals surface area contributed by atoms with Gasteiger partial charge < -0.3 is 0 Å². The Labute approximate surface area is 124 Å². The topological polar surface area (TPSA) is 54.9 Å². The molecule has 0 bridgehead atoms. The van der Waals surface area contributed by atoms with E-state index in [1.807, 2.05) is 19.1 Å². The number of anilines is 1. The molecule has 1 aromatic heterocycles. The molecule has 6 heteroatoms. The lowest BCUT2D eigenvalue weighted by Gasteiger charge is -2.07. The summed E-state index contributed by atoms with van der Waals surface area (Å²) in [6, 6.07) is 7.16. The summed E-state index contributed by atoms with van der Waals surface area (Å²) in [5.74, 6) is -0.0827. The summed E-state index contributed by atoms with van der Waals surface area (Å²) in [6.07, 6.45) is 0. The fourth-order valence-corrected chi connectivity index (χ4v) is 2.23. The van der Waals surface area contributed by atoms with Crippen LogP contribution in [0.5, 0.6) is 0 Å². The second-order valence-electron chi connectivity index (χ2n) is 4.09. The Morgan fingerprint density at radius 2 is 2.00 bits per heavy atom. The molecule has 0 atom stereocenters. The quantitative estimate of drug-likeness (QED) is 0.847. The number of nitrogens with zero attached hydrogens (tertiary/aromatic N) is 2. The number of aryl methyl sites for hydroxylation is 2. The normalized spacial score (nSPS) is 10.3. The molecule has 2 rings (SSSR count). The maximum Gasteiger partial charge on any atom is 0.259 e. The van der Waals surface area contributed by atoms with Crippen molar-refractivity contribution in [3.63, 3.8) is 0 Å². The van der Waals surface area contributed by atoms with E-state index in [0.29, 0.717) is 20.9 Å². The van der Waals surface area contributed by atoms with E-state index in [1.54, 1.807) is 19.1 Å². The van der Waals surface area contributed by atoms with Crippen molar-refractivity contribution in [3.05, 3.63) is 50.7 Å². The van der Waals surface area contributed by atoms with Crippen molar-refractivity contribution in [2.24, 2.45) is 0 Å². The maximum atomic E-state index is 12.1. The van der Waals surface area contributed by atoms with Gasteiger partial charge in [0.05, 0.1) is 5.56 Å². The third kappa shape index (κ3) is 3.52. The lowest BCUT2D eigenvalue weighted by atomic mass is 10.1. The number of amides is 1. The molecule has 1 aromatic carbocycles. The van der Waals surface area contributed by atoms with Crippen molar-refractivity contribution >= 4 is 39.4 Å². The average Bonchev–Trinajstić information content (AvgIpc) is 2.30. The van der Waals surface area contributed by atoms with E-state index < -0.39 is 0 Å². The summed E-state index contributed by atoms with van der Waals surface area (Å²) >= 11 is 9.17. The Hall–Kier alpha value is -1.46. The lowest BCUT2D eigenvalue weighted by molar-refractivity contribution is 0.102. The van der Waals surface area contributed by atoms with Gasteiger partial charge in [-0.05, 0) is 48.0 Å². The van der Waals surface area contributed by atoms with Gasteiger partial charge in [-0.15, -0.1) is 0 Å². The van der Waals surface area contributed by atoms with Gasteiger partial charge in [0, 0.05) is 10.2 Å². The molecule has 2 aromatic rings. The fourth-order valence-electron chi connectivity index (χ4n) is 1.57. The smallest absolute Gasteiger partial charge is 0.259 e. The summed E-state index contributed by atoms with van der Waals surface area (Å²) in [5.41, 5.74) is 2.22. The number of carbonyl (C=O) groups is 1. The summed E-state index contributed by atoms with van der Waals surface area (Å²) in [6.45, 7) is 3.70. The Morgan fingerprint density at radius 1 is 1.26 bits per heavy atom. The van der Waals surface area contributed by atoms with E-state index in [-0.39, 0.29) is 11.9 Å². The number of aromatic nitrogens is 2. The third-order valence-corrected chi connectivity index (χ3v) is 3.30. The SMILES string of the molecule is Cc1ccc(Br)c(C(=O)Nc2nc(C)cc(Cl)n2)c1. The van der Waals surface area contributed by atoms with E-state index in [2.05, 4.69) is 31.2 Å². The minimum absolute atomic E-state index is 0.198. The van der Waals surface area contributed by atoms with E-state index in [0.717, 1.165) is 5.56 Å². The number of halogens is 2. The molecule has 0 saturated heterocycles. The molecule has 0 fully saturated rings. The fraction of sp³-hybridized carbons (Fsp3) is 0.154. The van der Waals surface area contributed by atoms with Crippen LogP contribution in [0.25, 0.3) is 0 Å². The number of carbonyl (C=O) groups excluding carboxylic acids is 1. The molecule has 0 saturated carbocycles. The average molecular weight is 341 g/mol. The number of hydrogen-bond acceptors (Lipinski definition) is 3. The van der Waals surface area contributed by atoms with E-state index >= 15 is 0 Å². The second-order valence-corrected chi connectivity index (χ2v) is 5.33. The Morgan fingerprint density at radius 3 is 2.68 bits per heavy atom. The highest BCUT2D eigenvalue weighted by Gasteiger charge is 2.12. The highest BCUT2D eigenvalue weighted by Crippen LogP contribution is 2.19. The van der Waals surface area contributed by atoms with Crippen molar-refractivity contribution < 1.29 is 4.79 Å². The lowest BCUT2D eigenvalue weighted by Crippen LogP contribution is -2.15. The van der Waals surface area contributed by atoms with Crippen molar-refractivity contribution in [1.82, 2.24) is 9.97 Å². The van der Waals surface area contributed by atoms with Gasteiger partial charge in [0.1, 0.15) is 5.15 Å². The van der Waals surface area contributed by atoms with Gasteiger partial charge in [-0.1, -0.05) is 23.2 Å². The van der Waals surface area contributed by atoms with Crippen molar-refractivity contribution in [2.45, 2.75) is 13.8 Å². The first-order chi connectivity index (χ1) is 8.95. The standard InChI is InChI=1S/C13H11BrClN3O/c1-7-3-4-10(14)9(5-7)12(19)18-13-16-8(2)6-11(15)17-13/h3-6H,1-2H3,(H,16,17,18,19). The van der Waals surface area contributed by atoms with Gasteiger partial charge in [-0.3, -0.25) is 10.1 Å². The number of hydrogen-bond donors (Lipinski definition) is 1. The maximum absolute atomic E-state index is 12.1. The molecule has 0 spiro atoms. The zero-order chi connectivity index (χ0) is 14.0. The van der Waals surface area contributed by atoms with Crippen LogP contribution in [0.4, 0.5) is 5.95 Å². The zero-order valence-corrected chi connectivity index (χ0v) is 12.7. The summed E-state index contributed by atoms with van der Waals surface area (Å²) in [4.78, 5) is 20.2. The number of nitrogens with one attached hydrogen (secondary N) is 1. The molecule has 19 heavy (non-hydrogen) atoms. The largest absolute Gasteiger partial charge is 0.290 e. The highest BCUT2D eigenvalue weighted by atomic mass is 79.9. The molecule has 1 N–H and O–H groups in total. The molecule has 0 radical (unpaired) electrons. The predicted octanol–water partition coefficient (Wildman–Crippen LogP) is 3.76. The second kappa shape index (κ2) is 5.67. The van der Waals surface area contributed by atoms with Crippen molar-refractivity contribution in [3.8, 4) is 0 Å². The number of rotatable bonds is 2. The van der Waals surface area contributed by atoms with Crippen LogP contribution in [-0.2, 0) is 0 Å². The van der Waals surface area contributed by atoms with E-state index in [1.165, 1.54) is 0 Å². The summed E-state index contributed by atoms with van der Waals surface area (Å²) in [5, 5.41) is 2.93. The van der Waals surface area contributed by atoms with E-state index in [9.17, 15) is 4.79 Å². The first kappa shape index (κ1) is 14.0. The molecule has 0 aliphatic rings. The first-order valence-electron chi connectivity index (χ1n) is 5.54. The van der Waals surface area contributed by atoms with Crippen molar-refractivity contribution in [1.29, 1.82) is 0 Å². The van der Waals surface area contributed by atoms with Crippen LogP contribution in [0, 0.1) is 13.8 Å². The molecule has 0 aliphatic carbocycles. The molecule has 1 amide bonds. The van der Waals surface area contributed by atoms with Crippen LogP contribution in [0.15, 0.2) is 28.7 Å². The molecule has 4 nitrogen and oxygen atoms in total. The van der Waals surface area contributed by atoms with Crippen LogP contribution in [-0.4, -0.2) is 15.9 Å². The van der Waals surface area contributed by atoms with Crippen LogP contribution < -0.4 is 5.32 Å². The van der Waals surface area contributed by atoms with Crippen LogP contribution in [0.3, 0.4) is 0 Å².